The first-order chi connectivity index (χ1) is 10.6. The zero-order valence-corrected chi connectivity index (χ0v) is 14.2. The SMILES string of the molecule is CNC[C@H]1CCN(C(=O)CCCOc2ccc(Cl)c(C)c2)C1. The number of likely N-dealkylation sites (tertiary alicyclic amines) is 1. The summed E-state index contributed by atoms with van der Waals surface area (Å²) < 4.78 is 5.68. The minimum Gasteiger partial charge on any atom is -0.494 e. The molecule has 1 aromatic rings. The molecule has 0 radical (unpaired) electrons. The molecule has 0 aromatic heterocycles. The van der Waals surface area contributed by atoms with E-state index in [-0.39, 0.29) is 5.91 Å². The molecule has 1 atom stereocenters. The summed E-state index contributed by atoms with van der Waals surface area (Å²) in [4.78, 5) is 14.1. The van der Waals surface area contributed by atoms with Crippen molar-refractivity contribution in [1.29, 1.82) is 0 Å². The van der Waals surface area contributed by atoms with Crippen molar-refractivity contribution in [3.05, 3.63) is 28.8 Å². The van der Waals surface area contributed by atoms with E-state index in [0.29, 0.717) is 18.9 Å². The van der Waals surface area contributed by atoms with Crippen molar-refractivity contribution in [2.24, 2.45) is 5.92 Å². The summed E-state index contributed by atoms with van der Waals surface area (Å²) in [7, 11) is 1.96. The van der Waals surface area contributed by atoms with Crippen LogP contribution in [0.1, 0.15) is 24.8 Å². The highest BCUT2D eigenvalue weighted by Gasteiger charge is 2.25. The van der Waals surface area contributed by atoms with Crippen LogP contribution in [0.3, 0.4) is 0 Å². The lowest BCUT2D eigenvalue weighted by Crippen LogP contribution is -2.30. The smallest absolute Gasteiger partial charge is 0.222 e. The standard InChI is InChI=1S/C17H25ClN2O2/c1-13-10-15(5-6-16(13)18)22-9-3-4-17(21)20-8-7-14(12-20)11-19-2/h5-6,10,14,19H,3-4,7-9,11-12H2,1-2H3/t14-/m1/s1. The van der Waals surface area contributed by atoms with Crippen LogP contribution in [0.15, 0.2) is 18.2 Å². The Balaban J connectivity index is 1.66. The fourth-order valence-electron chi connectivity index (χ4n) is 2.79. The van der Waals surface area contributed by atoms with Crippen molar-refractivity contribution >= 4 is 17.5 Å². The Morgan fingerprint density at radius 2 is 2.32 bits per heavy atom. The van der Waals surface area contributed by atoms with E-state index in [9.17, 15) is 4.79 Å². The van der Waals surface area contributed by atoms with Crippen LogP contribution in [-0.2, 0) is 4.79 Å². The number of nitrogens with one attached hydrogen (secondary N) is 1. The molecule has 0 unspecified atom stereocenters. The molecule has 2 rings (SSSR count). The molecule has 0 saturated carbocycles. The molecule has 1 heterocycles. The lowest BCUT2D eigenvalue weighted by Gasteiger charge is -2.16. The van der Waals surface area contributed by atoms with Crippen molar-refractivity contribution in [3.8, 4) is 5.75 Å². The van der Waals surface area contributed by atoms with E-state index in [1.165, 1.54) is 0 Å². The second-order valence-corrected chi connectivity index (χ2v) is 6.32. The Morgan fingerprint density at radius 1 is 1.50 bits per heavy atom. The second kappa shape index (κ2) is 8.39. The Bertz CT molecular complexity index is 507. The molecule has 0 aliphatic carbocycles. The van der Waals surface area contributed by atoms with Gasteiger partial charge in [0.15, 0.2) is 0 Å². The number of ether oxygens (including phenoxy) is 1. The zero-order valence-electron chi connectivity index (χ0n) is 13.4. The number of benzene rings is 1. The predicted octanol–water partition coefficient (Wildman–Crippen LogP) is 2.88. The second-order valence-electron chi connectivity index (χ2n) is 5.92. The quantitative estimate of drug-likeness (QED) is 0.784. The average molecular weight is 325 g/mol. The van der Waals surface area contributed by atoms with Gasteiger partial charge in [-0.15, -0.1) is 0 Å². The van der Waals surface area contributed by atoms with Gasteiger partial charge in [-0.25, -0.2) is 0 Å². The maximum atomic E-state index is 12.1. The molecule has 4 nitrogen and oxygen atoms in total. The van der Waals surface area contributed by atoms with Gasteiger partial charge < -0.3 is 15.0 Å². The molecule has 22 heavy (non-hydrogen) atoms. The van der Waals surface area contributed by atoms with E-state index < -0.39 is 0 Å². The number of hydrogen-bond donors (Lipinski definition) is 1. The van der Waals surface area contributed by atoms with Gasteiger partial charge in [-0.05, 0) is 63.0 Å². The number of rotatable bonds is 7. The minimum atomic E-state index is 0.245. The summed E-state index contributed by atoms with van der Waals surface area (Å²) in [5, 5.41) is 3.92. The number of aryl methyl sites for hydroxylation is 1. The number of amides is 1. The highest BCUT2D eigenvalue weighted by atomic mass is 35.5. The topological polar surface area (TPSA) is 41.6 Å². The first kappa shape index (κ1) is 17.1. The van der Waals surface area contributed by atoms with Crippen LogP contribution in [0.25, 0.3) is 0 Å². The lowest BCUT2D eigenvalue weighted by atomic mass is 10.1. The van der Waals surface area contributed by atoms with Crippen molar-refractivity contribution in [1.82, 2.24) is 10.2 Å². The van der Waals surface area contributed by atoms with Crippen molar-refractivity contribution in [3.63, 3.8) is 0 Å². The van der Waals surface area contributed by atoms with Gasteiger partial charge in [0, 0.05) is 24.5 Å². The molecule has 122 valence electrons. The van der Waals surface area contributed by atoms with Crippen LogP contribution in [0.4, 0.5) is 0 Å². The van der Waals surface area contributed by atoms with Crippen molar-refractivity contribution < 1.29 is 9.53 Å². The van der Waals surface area contributed by atoms with Crippen LogP contribution < -0.4 is 10.1 Å². The number of hydrogen-bond acceptors (Lipinski definition) is 3. The van der Waals surface area contributed by atoms with Crippen molar-refractivity contribution in [2.45, 2.75) is 26.2 Å². The van der Waals surface area contributed by atoms with E-state index in [0.717, 1.165) is 48.8 Å². The maximum absolute atomic E-state index is 12.1. The molecule has 0 spiro atoms. The van der Waals surface area contributed by atoms with E-state index in [1.807, 2.05) is 37.1 Å². The molecule has 5 heteroatoms. The number of halogens is 1. The first-order valence-corrected chi connectivity index (χ1v) is 8.29. The zero-order chi connectivity index (χ0) is 15.9. The van der Waals surface area contributed by atoms with Gasteiger partial charge in [-0.2, -0.15) is 0 Å². The molecule has 1 aliphatic heterocycles. The fourth-order valence-corrected chi connectivity index (χ4v) is 2.91. The summed E-state index contributed by atoms with van der Waals surface area (Å²) >= 11 is 5.98. The fraction of sp³-hybridized carbons (Fsp3) is 0.588. The van der Waals surface area contributed by atoms with Gasteiger partial charge in [0.25, 0.3) is 0 Å². The first-order valence-electron chi connectivity index (χ1n) is 7.91. The van der Waals surface area contributed by atoms with Crippen LogP contribution in [0.5, 0.6) is 5.75 Å². The van der Waals surface area contributed by atoms with E-state index >= 15 is 0 Å². The highest BCUT2D eigenvalue weighted by molar-refractivity contribution is 6.31. The number of carbonyl (C=O) groups excluding carboxylic acids is 1. The molecule has 1 aromatic carbocycles. The van der Waals surface area contributed by atoms with Crippen LogP contribution in [0, 0.1) is 12.8 Å². The Labute approximate surface area is 137 Å². The molecule has 1 saturated heterocycles. The summed E-state index contributed by atoms with van der Waals surface area (Å²) in [5.74, 6) is 1.65. The molecule has 0 bridgehead atoms. The van der Waals surface area contributed by atoms with Gasteiger partial charge in [0.1, 0.15) is 5.75 Å². The predicted molar refractivity (Wildman–Crippen MR) is 89.5 cm³/mol. The van der Waals surface area contributed by atoms with Gasteiger partial charge in [-0.1, -0.05) is 11.6 Å². The highest BCUT2D eigenvalue weighted by Crippen LogP contribution is 2.21. The third-order valence-corrected chi connectivity index (χ3v) is 4.49. The molecule has 1 amide bonds. The Kier molecular flexibility index (Phi) is 6.52. The Morgan fingerprint density at radius 3 is 3.05 bits per heavy atom. The Hall–Kier alpha value is -1.26. The molecule has 1 aliphatic rings. The molecule has 1 N–H and O–H groups in total. The van der Waals surface area contributed by atoms with Crippen LogP contribution in [0.2, 0.25) is 5.02 Å². The van der Waals surface area contributed by atoms with Gasteiger partial charge in [0.05, 0.1) is 6.61 Å². The molecule has 1 fully saturated rings. The van der Waals surface area contributed by atoms with Gasteiger partial charge >= 0.3 is 0 Å². The summed E-state index contributed by atoms with van der Waals surface area (Å²) in [6, 6.07) is 5.62. The summed E-state index contributed by atoms with van der Waals surface area (Å²) in [5.41, 5.74) is 1.00. The summed E-state index contributed by atoms with van der Waals surface area (Å²) in [6.07, 6.45) is 2.40. The third kappa shape index (κ3) is 4.89. The van der Waals surface area contributed by atoms with Crippen LogP contribution in [-0.4, -0.2) is 44.1 Å². The van der Waals surface area contributed by atoms with E-state index in [1.54, 1.807) is 0 Å². The molecular formula is C17H25ClN2O2. The molecular weight excluding hydrogens is 300 g/mol. The van der Waals surface area contributed by atoms with E-state index in [4.69, 9.17) is 16.3 Å². The van der Waals surface area contributed by atoms with Crippen molar-refractivity contribution in [2.75, 3.05) is 33.3 Å². The maximum Gasteiger partial charge on any atom is 0.222 e. The van der Waals surface area contributed by atoms with Crippen LogP contribution >= 0.6 is 11.6 Å². The number of carbonyl (C=O) groups is 1. The minimum absolute atomic E-state index is 0.245. The number of nitrogens with zero attached hydrogens (tertiary/aromatic N) is 1. The monoisotopic (exact) mass is 324 g/mol. The third-order valence-electron chi connectivity index (χ3n) is 4.06. The normalized spacial score (nSPS) is 17.8. The van der Waals surface area contributed by atoms with Gasteiger partial charge in [0.2, 0.25) is 5.91 Å². The average Bonchev–Trinajstić information content (AvgIpc) is 2.96. The van der Waals surface area contributed by atoms with Gasteiger partial charge in [-0.3, -0.25) is 4.79 Å². The lowest BCUT2D eigenvalue weighted by molar-refractivity contribution is -0.130. The largest absolute Gasteiger partial charge is 0.494 e. The van der Waals surface area contributed by atoms with E-state index in [2.05, 4.69) is 5.32 Å². The summed E-state index contributed by atoms with van der Waals surface area (Å²) in [6.45, 7) is 5.27.